The molecule has 0 radical (unpaired) electrons. The zero-order chi connectivity index (χ0) is 7.56. The molecule has 0 amide bonds. The Morgan fingerprint density at radius 2 is 1.80 bits per heavy atom. The standard InChI is InChI=1S/C8H11BO/c1-6(9)7-2-4-8(10)5-3-7/h2-6,10H,9H2,1H3. The SMILES string of the molecule is BC(C)c1ccc(O)cc1. The van der Waals surface area contributed by atoms with Gasteiger partial charge in [0, 0.05) is 0 Å². The van der Waals surface area contributed by atoms with Gasteiger partial charge in [-0.05, 0) is 17.9 Å². The largest absolute Gasteiger partial charge is 0.508 e. The number of phenols is 1. The Balaban J connectivity index is 2.89. The van der Waals surface area contributed by atoms with Crippen molar-refractivity contribution >= 4 is 7.85 Å². The second-order valence-corrected chi connectivity index (χ2v) is 2.75. The average molecular weight is 134 g/mol. The van der Waals surface area contributed by atoms with Crippen LogP contribution in [-0.4, -0.2) is 13.0 Å². The highest BCUT2D eigenvalue weighted by Gasteiger charge is 1.96. The summed E-state index contributed by atoms with van der Waals surface area (Å²) in [7, 11) is 2.13. The van der Waals surface area contributed by atoms with Crippen LogP contribution in [0.25, 0.3) is 0 Å². The van der Waals surface area contributed by atoms with E-state index in [4.69, 9.17) is 5.11 Å². The normalized spacial score (nSPS) is 12.9. The predicted molar refractivity (Wildman–Crippen MR) is 45.1 cm³/mol. The third-order valence-corrected chi connectivity index (χ3v) is 1.56. The van der Waals surface area contributed by atoms with Gasteiger partial charge in [0.25, 0.3) is 0 Å². The number of rotatable bonds is 1. The highest BCUT2D eigenvalue weighted by Crippen LogP contribution is 2.14. The number of benzene rings is 1. The Bertz CT molecular complexity index is 203. The molecule has 1 atom stereocenters. The summed E-state index contributed by atoms with van der Waals surface area (Å²) in [6.45, 7) is 2.13. The molecule has 10 heavy (non-hydrogen) atoms. The first-order valence-electron chi connectivity index (χ1n) is 3.49. The van der Waals surface area contributed by atoms with Crippen LogP contribution in [0.15, 0.2) is 24.3 Å². The minimum absolute atomic E-state index is 0.337. The van der Waals surface area contributed by atoms with Gasteiger partial charge in [0.2, 0.25) is 0 Å². The van der Waals surface area contributed by atoms with Gasteiger partial charge in [0.1, 0.15) is 13.6 Å². The number of hydrogen-bond acceptors (Lipinski definition) is 1. The summed E-state index contributed by atoms with van der Waals surface area (Å²) in [5.41, 5.74) is 1.26. The first-order chi connectivity index (χ1) is 4.70. The van der Waals surface area contributed by atoms with Gasteiger partial charge in [0.15, 0.2) is 0 Å². The van der Waals surface area contributed by atoms with Crippen LogP contribution in [0.2, 0.25) is 0 Å². The smallest absolute Gasteiger partial charge is 0.115 e. The lowest BCUT2D eigenvalue weighted by Crippen LogP contribution is -1.89. The van der Waals surface area contributed by atoms with Crippen molar-refractivity contribution in [2.45, 2.75) is 12.7 Å². The monoisotopic (exact) mass is 134 g/mol. The molecule has 0 bridgehead atoms. The third-order valence-electron chi connectivity index (χ3n) is 1.56. The topological polar surface area (TPSA) is 20.2 Å². The van der Waals surface area contributed by atoms with Crippen LogP contribution < -0.4 is 0 Å². The lowest BCUT2D eigenvalue weighted by atomic mass is 9.83. The Kier molecular flexibility index (Phi) is 2.00. The fraction of sp³-hybridized carbons (Fsp3) is 0.250. The van der Waals surface area contributed by atoms with Crippen molar-refractivity contribution < 1.29 is 5.11 Å². The van der Waals surface area contributed by atoms with Crippen LogP contribution in [-0.2, 0) is 0 Å². The first kappa shape index (κ1) is 7.20. The molecule has 0 aliphatic rings. The molecule has 0 saturated carbocycles. The van der Waals surface area contributed by atoms with Gasteiger partial charge in [-0.3, -0.25) is 0 Å². The lowest BCUT2D eigenvalue weighted by Gasteiger charge is -2.03. The summed E-state index contributed by atoms with van der Waals surface area (Å²) in [6.07, 6.45) is 0. The Labute approximate surface area is 62.1 Å². The van der Waals surface area contributed by atoms with E-state index in [1.165, 1.54) is 5.56 Å². The van der Waals surface area contributed by atoms with E-state index in [2.05, 4.69) is 14.8 Å². The second-order valence-electron chi connectivity index (χ2n) is 2.75. The molecule has 1 nitrogen and oxygen atoms in total. The highest BCUT2D eigenvalue weighted by molar-refractivity contribution is 6.12. The number of phenolic OH excluding ortho intramolecular Hbond substituents is 1. The molecule has 1 aromatic rings. The summed E-state index contributed by atoms with van der Waals surface area (Å²) < 4.78 is 0. The van der Waals surface area contributed by atoms with Crippen molar-refractivity contribution in [1.29, 1.82) is 0 Å². The van der Waals surface area contributed by atoms with E-state index in [1.807, 2.05) is 12.1 Å². The fourth-order valence-electron chi connectivity index (χ4n) is 0.859. The predicted octanol–water partition coefficient (Wildman–Crippen LogP) is 1.09. The van der Waals surface area contributed by atoms with E-state index in [-0.39, 0.29) is 0 Å². The third kappa shape index (κ3) is 1.53. The molecule has 1 aromatic carbocycles. The minimum atomic E-state index is 0.337. The van der Waals surface area contributed by atoms with Gasteiger partial charge in [-0.1, -0.05) is 24.6 Å². The fourth-order valence-corrected chi connectivity index (χ4v) is 0.859. The molecule has 1 unspecified atom stereocenters. The Morgan fingerprint density at radius 3 is 2.20 bits per heavy atom. The lowest BCUT2D eigenvalue weighted by molar-refractivity contribution is 0.475. The molecule has 1 rings (SSSR count). The van der Waals surface area contributed by atoms with Gasteiger partial charge in [0.05, 0.1) is 0 Å². The molecule has 0 aromatic heterocycles. The zero-order valence-electron chi connectivity index (χ0n) is 6.33. The molecule has 2 heteroatoms. The average Bonchev–Trinajstić information content (AvgIpc) is 1.88. The number of hydrogen-bond donors (Lipinski definition) is 1. The quantitative estimate of drug-likeness (QED) is 0.570. The van der Waals surface area contributed by atoms with Crippen molar-refractivity contribution in [3.63, 3.8) is 0 Å². The van der Waals surface area contributed by atoms with Crippen LogP contribution in [0, 0.1) is 0 Å². The van der Waals surface area contributed by atoms with Crippen molar-refractivity contribution in [3.8, 4) is 5.75 Å². The van der Waals surface area contributed by atoms with Crippen LogP contribution in [0.5, 0.6) is 5.75 Å². The summed E-state index contributed by atoms with van der Waals surface area (Å²) in [5, 5.41) is 8.94. The maximum atomic E-state index is 8.94. The van der Waals surface area contributed by atoms with Gasteiger partial charge in [-0.15, -0.1) is 0 Å². The van der Waals surface area contributed by atoms with E-state index in [1.54, 1.807) is 12.1 Å². The first-order valence-corrected chi connectivity index (χ1v) is 3.49. The van der Waals surface area contributed by atoms with Crippen LogP contribution in [0.4, 0.5) is 0 Å². The van der Waals surface area contributed by atoms with Gasteiger partial charge in [-0.25, -0.2) is 0 Å². The summed E-state index contributed by atoms with van der Waals surface area (Å²) in [4.78, 5) is 0. The molecule has 1 N–H and O–H groups in total. The molecular weight excluding hydrogens is 123 g/mol. The van der Waals surface area contributed by atoms with E-state index in [9.17, 15) is 0 Å². The van der Waals surface area contributed by atoms with Crippen molar-refractivity contribution in [1.82, 2.24) is 0 Å². The van der Waals surface area contributed by atoms with Gasteiger partial charge >= 0.3 is 0 Å². The summed E-state index contributed by atoms with van der Waals surface area (Å²) >= 11 is 0. The van der Waals surface area contributed by atoms with Crippen LogP contribution in [0.1, 0.15) is 18.3 Å². The molecule has 0 aliphatic carbocycles. The van der Waals surface area contributed by atoms with E-state index in [0.717, 1.165) is 0 Å². The molecule has 0 saturated heterocycles. The molecular formula is C8H11BO. The molecule has 52 valence electrons. The van der Waals surface area contributed by atoms with E-state index in [0.29, 0.717) is 11.6 Å². The van der Waals surface area contributed by atoms with Crippen molar-refractivity contribution in [2.75, 3.05) is 0 Å². The summed E-state index contributed by atoms with van der Waals surface area (Å²) in [6, 6.07) is 7.32. The van der Waals surface area contributed by atoms with Crippen molar-refractivity contribution in [3.05, 3.63) is 29.8 Å². The molecule has 0 fully saturated rings. The Morgan fingerprint density at radius 1 is 1.30 bits per heavy atom. The molecule has 0 heterocycles. The molecule has 0 spiro atoms. The van der Waals surface area contributed by atoms with Crippen LogP contribution in [0.3, 0.4) is 0 Å². The zero-order valence-corrected chi connectivity index (χ0v) is 6.33. The van der Waals surface area contributed by atoms with E-state index >= 15 is 0 Å². The van der Waals surface area contributed by atoms with Crippen molar-refractivity contribution in [2.24, 2.45) is 0 Å². The van der Waals surface area contributed by atoms with Gasteiger partial charge in [-0.2, -0.15) is 0 Å². The van der Waals surface area contributed by atoms with Gasteiger partial charge < -0.3 is 5.11 Å². The molecule has 0 aliphatic heterocycles. The maximum absolute atomic E-state index is 8.94. The minimum Gasteiger partial charge on any atom is -0.508 e. The number of aromatic hydroxyl groups is 1. The summed E-state index contributed by atoms with van der Waals surface area (Å²) in [5.74, 6) is 0.880. The Hall–Kier alpha value is -0.915. The second kappa shape index (κ2) is 2.78. The maximum Gasteiger partial charge on any atom is 0.115 e. The highest BCUT2D eigenvalue weighted by atomic mass is 16.3. The van der Waals surface area contributed by atoms with Crippen LogP contribution >= 0.6 is 0 Å². The van der Waals surface area contributed by atoms with E-state index < -0.39 is 0 Å².